The van der Waals surface area contributed by atoms with Gasteiger partial charge < -0.3 is 15.2 Å². The topological polar surface area (TPSA) is 61.5 Å². The molecular formula is C13H16BrF2NO3. The number of nitrogens with two attached hydrogens (primary N) is 1. The van der Waals surface area contributed by atoms with Crippen LogP contribution in [0.4, 0.5) is 8.78 Å². The molecule has 1 aromatic carbocycles. The number of hydrogen-bond donors (Lipinski definition) is 1. The highest BCUT2D eigenvalue weighted by atomic mass is 79.9. The minimum atomic E-state index is -3.83. The fourth-order valence-electron chi connectivity index (χ4n) is 1.60. The number of esters is 1. The number of carbonyl (C=O) groups is 1. The standard InChI is InChI=1S/C13H16BrF2NO3/c1-3-19-10-6-5-8(14)7-9(10)11(17)13(15,16)12(18)20-4-2/h5-7,11H,3-4,17H2,1-2H3/t11-/m0/s1. The molecule has 0 unspecified atom stereocenters. The first-order chi connectivity index (χ1) is 9.34. The van der Waals surface area contributed by atoms with Crippen LogP contribution in [0.1, 0.15) is 25.5 Å². The molecule has 20 heavy (non-hydrogen) atoms. The summed E-state index contributed by atoms with van der Waals surface area (Å²) < 4.78 is 38.1. The van der Waals surface area contributed by atoms with E-state index in [4.69, 9.17) is 10.5 Å². The van der Waals surface area contributed by atoms with E-state index in [2.05, 4.69) is 20.7 Å². The van der Waals surface area contributed by atoms with E-state index in [1.54, 1.807) is 13.0 Å². The van der Waals surface area contributed by atoms with Gasteiger partial charge in [-0.3, -0.25) is 0 Å². The van der Waals surface area contributed by atoms with Gasteiger partial charge >= 0.3 is 11.9 Å². The van der Waals surface area contributed by atoms with Gasteiger partial charge in [0.1, 0.15) is 11.8 Å². The zero-order chi connectivity index (χ0) is 15.3. The van der Waals surface area contributed by atoms with Crippen molar-refractivity contribution < 1.29 is 23.0 Å². The quantitative estimate of drug-likeness (QED) is 0.800. The Balaban J connectivity index is 3.15. The van der Waals surface area contributed by atoms with Gasteiger partial charge in [0, 0.05) is 10.0 Å². The van der Waals surface area contributed by atoms with E-state index in [-0.39, 0.29) is 17.9 Å². The molecule has 0 spiro atoms. The molecule has 0 radical (unpaired) electrons. The first-order valence-corrected chi connectivity index (χ1v) is 6.86. The van der Waals surface area contributed by atoms with Gasteiger partial charge in [-0.25, -0.2) is 4.79 Å². The largest absolute Gasteiger partial charge is 0.494 e. The Morgan fingerprint density at radius 3 is 2.60 bits per heavy atom. The maximum atomic E-state index is 14.0. The van der Waals surface area contributed by atoms with Crippen LogP contribution in [0, 0.1) is 0 Å². The molecular weight excluding hydrogens is 336 g/mol. The molecule has 0 aliphatic carbocycles. The van der Waals surface area contributed by atoms with E-state index in [9.17, 15) is 13.6 Å². The van der Waals surface area contributed by atoms with Crippen LogP contribution < -0.4 is 10.5 Å². The summed E-state index contributed by atoms with van der Waals surface area (Å²) in [7, 11) is 0. The van der Waals surface area contributed by atoms with Gasteiger partial charge in [0.2, 0.25) is 0 Å². The molecule has 112 valence electrons. The molecule has 1 aromatic rings. The van der Waals surface area contributed by atoms with Gasteiger partial charge in [0.05, 0.1) is 13.2 Å². The Labute approximate surface area is 124 Å². The maximum absolute atomic E-state index is 14.0. The Morgan fingerprint density at radius 2 is 2.05 bits per heavy atom. The van der Waals surface area contributed by atoms with E-state index in [0.29, 0.717) is 11.1 Å². The third-order valence-electron chi connectivity index (χ3n) is 2.54. The number of ether oxygens (including phenoxy) is 2. The smallest absolute Gasteiger partial charge is 0.379 e. The van der Waals surface area contributed by atoms with Gasteiger partial charge in [-0.2, -0.15) is 8.78 Å². The van der Waals surface area contributed by atoms with Crippen molar-refractivity contribution in [2.45, 2.75) is 25.8 Å². The van der Waals surface area contributed by atoms with E-state index in [0.717, 1.165) is 0 Å². The van der Waals surface area contributed by atoms with E-state index in [1.807, 2.05) is 0 Å². The van der Waals surface area contributed by atoms with Crippen molar-refractivity contribution in [1.82, 2.24) is 0 Å². The number of benzene rings is 1. The number of carbonyl (C=O) groups excluding carboxylic acids is 1. The number of alkyl halides is 2. The molecule has 0 saturated carbocycles. The summed E-state index contributed by atoms with van der Waals surface area (Å²) in [4.78, 5) is 11.3. The van der Waals surface area contributed by atoms with E-state index in [1.165, 1.54) is 19.1 Å². The predicted octanol–water partition coefficient (Wildman–Crippen LogP) is 3.05. The predicted molar refractivity (Wildman–Crippen MR) is 73.8 cm³/mol. The molecule has 0 aliphatic rings. The Hall–Kier alpha value is -1.21. The summed E-state index contributed by atoms with van der Waals surface area (Å²) in [6, 6.07) is 2.72. The van der Waals surface area contributed by atoms with Gasteiger partial charge in [-0.05, 0) is 32.0 Å². The van der Waals surface area contributed by atoms with Crippen LogP contribution >= 0.6 is 15.9 Å². The zero-order valence-corrected chi connectivity index (χ0v) is 12.7. The summed E-state index contributed by atoms with van der Waals surface area (Å²) in [5, 5.41) is 0. The van der Waals surface area contributed by atoms with Crippen LogP contribution in [0.25, 0.3) is 0 Å². The molecule has 2 N–H and O–H groups in total. The summed E-state index contributed by atoms with van der Waals surface area (Å²) in [5.74, 6) is -5.26. The van der Waals surface area contributed by atoms with Crippen molar-refractivity contribution in [1.29, 1.82) is 0 Å². The summed E-state index contributed by atoms with van der Waals surface area (Å²) in [6.07, 6.45) is 0. The Morgan fingerprint density at radius 1 is 1.40 bits per heavy atom. The van der Waals surface area contributed by atoms with Crippen LogP contribution in [-0.4, -0.2) is 25.1 Å². The van der Waals surface area contributed by atoms with Gasteiger partial charge in [-0.15, -0.1) is 0 Å². The minimum absolute atomic E-state index is 0.0410. The highest BCUT2D eigenvalue weighted by Gasteiger charge is 2.48. The second kappa shape index (κ2) is 6.99. The highest BCUT2D eigenvalue weighted by molar-refractivity contribution is 9.10. The molecule has 1 rings (SSSR count). The molecule has 0 aromatic heterocycles. The zero-order valence-electron chi connectivity index (χ0n) is 11.2. The molecule has 0 saturated heterocycles. The van der Waals surface area contributed by atoms with Crippen molar-refractivity contribution in [2.24, 2.45) is 5.73 Å². The van der Waals surface area contributed by atoms with Crippen molar-refractivity contribution in [3.8, 4) is 5.75 Å². The molecule has 0 bridgehead atoms. The second-order valence-electron chi connectivity index (χ2n) is 3.94. The summed E-state index contributed by atoms with van der Waals surface area (Å²) in [5.41, 5.74) is 5.59. The van der Waals surface area contributed by atoms with E-state index >= 15 is 0 Å². The van der Waals surface area contributed by atoms with Crippen molar-refractivity contribution in [3.05, 3.63) is 28.2 Å². The maximum Gasteiger partial charge on any atom is 0.379 e. The molecule has 0 fully saturated rings. The van der Waals surface area contributed by atoms with Crippen LogP contribution in [-0.2, 0) is 9.53 Å². The first kappa shape index (κ1) is 16.8. The monoisotopic (exact) mass is 351 g/mol. The number of hydrogen-bond acceptors (Lipinski definition) is 4. The van der Waals surface area contributed by atoms with Gasteiger partial charge in [-0.1, -0.05) is 15.9 Å². The van der Waals surface area contributed by atoms with Crippen molar-refractivity contribution >= 4 is 21.9 Å². The average molecular weight is 352 g/mol. The number of rotatable bonds is 6. The lowest BCUT2D eigenvalue weighted by molar-refractivity contribution is -0.174. The van der Waals surface area contributed by atoms with Crippen molar-refractivity contribution in [3.63, 3.8) is 0 Å². The molecule has 0 amide bonds. The van der Waals surface area contributed by atoms with Gasteiger partial charge in [0.25, 0.3) is 0 Å². The van der Waals surface area contributed by atoms with Crippen LogP contribution in [0.5, 0.6) is 5.75 Å². The lowest BCUT2D eigenvalue weighted by Crippen LogP contribution is -2.42. The third kappa shape index (κ3) is 3.67. The number of halogens is 3. The first-order valence-electron chi connectivity index (χ1n) is 6.07. The van der Waals surface area contributed by atoms with Crippen molar-refractivity contribution in [2.75, 3.05) is 13.2 Å². The van der Waals surface area contributed by atoms with E-state index < -0.39 is 17.9 Å². The second-order valence-corrected chi connectivity index (χ2v) is 4.85. The lowest BCUT2D eigenvalue weighted by atomic mass is 10.0. The molecule has 0 heterocycles. The molecule has 0 aliphatic heterocycles. The van der Waals surface area contributed by atoms with Crippen LogP contribution in [0.15, 0.2) is 22.7 Å². The fraction of sp³-hybridized carbons (Fsp3) is 0.462. The summed E-state index contributed by atoms with van der Waals surface area (Å²) in [6.45, 7) is 3.33. The SMILES string of the molecule is CCOC(=O)C(F)(F)[C@@H](N)c1cc(Br)ccc1OCC. The molecule has 1 atom stereocenters. The minimum Gasteiger partial charge on any atom is -0.494 e. The lowest BCUT2D eigenvalue weighted by Gasteiger charge is -2.23. The third-order valence-corrected chi connectivity index (χ3v) is 3.04. The Kier molecular flexibility index (Phi) is 5.88. The molecule has 7 heteroatoms. The normalized spacial score (nSPS) is 12.9. The van der Waals surface area contributed by atoms with Gasteiger partial charge in [0.15, 0.2) is 0 Å². The fourth-order valence-corrected chi connectivity index (χ4v) is 1.98. The highest BCUT2D eigenvalue weighted by Crippen LogP contribution is 2.37. The van der Waals surface area contributed by atoms with Crippen LogP contribution in [0.3, 0.4) is 0 Å². The Bertz CT molecular complexity index is 483. The average Bonchev–Trinajstić information content (AvgIpc) is 2.40. The van der Waals surface area contributed by atoms with Crippen LogP contribution in [0.2, 0.25) is 0 Å². The molecule has 4 nitrogen and oxygen atoms in total. The summed E-state index contributed by atoms with van der Waals surface area (Å²) >= 11 is 3.18.